The Labute approximate surface area is 133 Å². The summed E-state index contributed by atoms with van der Waals surface area (Å²) in [4.78, 5) is 16.1. The summed E-state index contributed by atoms with van der Waals surface area (Å²) < 4.78 is 38.2. The molecule has 1 aliphatic rings. The number of ether oxygens (including phenoxy) is 2. The number of rotatable bonds is 5. The maximum Gasteiger partial charge on any atom is 0.374 e. The summed E-state index contributed by atoms with van der Waals surface area (Å²) in [5.74, 6) is -0.710. The number of hydrogen-bond acceptors (Lipinski definition) is 6. The zero-order valence-electron chi connectivity index (χ0n) is 12.8. The molecule has 8 nitrogen and oxygen atoms in total. The Kier molecular flexibility index (Phi) is 4.09. The number of pyridine rings is 1. The van der Waals surface area contributed by atoms with Crippen molar-refractivity contribution >= 4 is 21.5 Å². The van der Waals surface area contributed by atoms with Crippen LogP contribution in [0.1, 0.15) is 17.5 Å². The number of fused-ring (bicyclic) bond motifs is 1. The Morgan fingerprint density at radius 1 is 1.39 bits per heavy atom. The Balaban J connectivity index is 2.06. The molecule has 0 saturated carbocycles. The first kappa shape index (κ1) is 15.9. The van der Waals surface area contributed by atoms with Crippen molar-refractivity contribution in [2.75, 3.05) is 26.8 Å². The molecule has 0 bridgehead atoms. The Hall–Kier alpha value is -1.97. The van der Waals surface area contributed by atoms with Crippen LogP contribution in [0, 0.1) is 0 Å². The van der Waals surface area contributed by atoms with Crippen LogP contribution in [0.3, 0.4) is 0 Å². The lowest BCUT2D eigenvalue weighted by molar-refractivity contribution is 0.0124. The molecule has 3 heterocycles. The van der Waals surface area contributed by atoms with Gasteiger partial charge >= 0.3 is 5.97 Å². The molecule has 3 rings (SSSR count). The van der Waals surface area contributed by atoms with Crippen molar-refractivity contribution in [2.45, 2.75) is 18.1 Å². The van der Waals surface area contributed by atoms with E-state index in [-0.39, 0.29) is 36.7 Å². The minimum Gasteiger partial charge on any atom is -0.460 e. The molecular formula is C14H17N3O5S. The molecule has 23 heavy (non-hydrogen) atoms. The quantitative estimate of drug-likeness (QED) is 0.738. The highest BCUT2D eigenvalue weighted by atomic mass is 32.2. The van der Waals surface area contributed by atoms with Crippen LogP contribution in [0.4, 0.5) is 0 Å². The number of hydrogen-bond donors (Lipinski definition) is 0. The molecule has 0 aromatic carbocycles. The Morgan fingerprint density at radius 3 is 2.78 bits per heavy atom. The molecule has 0 N–H and O–H groups in total. The number of nitrogens with zero attached hydrogens (tertiary/aromatic N) is 3. The number of methoxy groups -OCH3 is 1. The first-order valence-corrected chi connectivity index (χ1v) is 8.60. The van der Waals surface area contributed by atoms with Crippen LogP contribution >= 0.6 is 0 Å². The van der Waals surface area contributed by atoms with E-state index in [1.807, 2.05) is 0 Å². The molecule has 0 spiro atoms. The highest BCUT2D eigenvalue weighted by molar-refractivity contribution is 7.89. The minimum absolute atomic E-state index is 0.0511. The van der Waals surface area contributed by atoms with Gasteiger partial charge in [0.1, 0.15) is 0 Å². The van der Waals surface area contributed by atoms with Crippen LogP contribution in [0.5, 0.6) is 0 Å². The molecule has 124 valence electrons. The van der Waals surface area contributed by atoms with Gasteiger partial charge in [-0.25, -0.2) is 18.2 Å². The maximum atomic E-state index is 12.7. The fraction of sp³-hybridized carbons (Fsp3) is 0.429. The molecule has 9 heteroatoms. The normalized spacial score (nSPS) is 16.4. The van der Waals surface area contributed by atoms with Crippen LogP contribution in [-0.2, 0) is 19.5 Å². The molecule has 0 unspecified atom stereocenters. The smallest absolute Gasteiger partial charge is 0.374 e. The summed E-state index contributed by atoms with van der Waals surface area (Å²) in [7, 11) is -2.24. The van der Waals surface area contributed by atoms with E-state index in [2.05, 4.69) is 4.98 Å². The van der Waals surface area contributed by atoms with Crippen molar-refractivity contribution in [3.05, 3.63) is 30.2 Å². The second-order valence-corrected chi connectivity index (χ2v) is 6.95. The van der Waals surface area contributed by atoms with Crippen molar-refractivity contribution in [3.63, 3.8) is 0 Å². The fourth-order valence-corrected chi connectivity index (χ4v) is 4.01. The Morgan fingerprint density at radius 2 is 2.13 bits per heavy atom. The van der Waals surface area contributed by atoms with Crippen molar-refractivity contribution in [1.82, 2.24) is 13.7 Å². The van der Waals surface area contributed by atoms with Gasteiger partial charge < -0.3 is 9.47 Å². The number of esters is 1. The minimum atomic E-state index is -3.79. The summed E-state index contributed by atoms with van der Waals surface area (Å²) in [6.07, 6.45) is 1.48. The zero-order valence-corrected chi connectivity index (χ0v) is 13.6. The monoisotopic (exact) mass is 339 g/mol. The van der Waals surface area contributed by atoms with Gasteiger partial charge in [0.2, 0.25) is 5.82 Å². The van der Waals surface area contributed by atoms with E-state index >= 15 is 0 Å². The first-order chi connectivity index (χ1) is 11.0. The third-order valence-corrected chi connectivity index (χ3v) is 5.47. The molecule has 0 radical (unpaired) electrons. The van der Waals surface area contributed by atoms with Crippen molar-refractivity contribution in [2.24, 2.45) is 0 Å². The predicted molar refractivity (Wildman–Crippen MR) is 80.7 cm³/mol. The van der Waals surface area contributed by atoms with Gasteiger partial charge in [0, 0.05) is 26.4 Å². The summed E-state index contributed by atoms with van der Waals surface area (Å²) in [5.41, 5.74) is 0.344. The van der Waals surface area contributed by atoms with E-state index in [0.29, 0.717) is 5.52 Å². The first-order valence-electron chi connectivity index (χ1n) is 7.16. The fourth-order valence-electron chi connectivity index (χ4n) is 2.41. The number of carbonyl (C=O) groups is 1. The van der Waals surface area contributed by atoms with Gasteiger partial charge in [0.05, 0.1) is 18.2 Å². The van der Waals surface area contributed by atoms with E-state index in [9.17, 15) is 13.2 Å². The van der Waals surface area contributed by atoms with Gasteiger partial charge in [-0.2, -0.15) is 4.31 Å². The van der Waals surface area contributed by atoms with Crippen LogP contribution in [-0.4, -0.2) is 61.0 Å². The van der Waals surface area contributed by atoms with E-state index < -0.39 is 16.0 Å². The van der Waals surface area contributed by atoms with E-state index in [1.165, 1.54) is 8.71 Å². The summed E-state index contributed by atoms with van der Waals surface area (Å²) in [6, 6.07) is 4.99. The van der Waals surface area contributed by atoms with E-state index in [0.717, 1.165) is 0 Å². The molecular weight excluding hydrogens is 322 g/mol. The molecule has 1 aliphatic heterocycles. The lowest BCUT2D eigenvalue weighted by Gasteiger charge is -2.36. The average molecular weight is 339 g/mol. The lowest BCUT2D eigenvalue weighted by Crippen LogP contribution is -2.54. The van der Waals surface area contributed by atoms with Gasteiger partial charge in [0.25, 0.3) is 10.0 Å². The van der Waals surface area contributed by atoms with Crippen LogP contribution in [0.15, 0.2) is 29.4 Å². The number of imidazole rings is 1. The van der Waals surface area contributed by atoms with Gasteiger partial charge in [-0.3, -0.25) is 4.40 Å². The van der Waals surface area contributed by atoms with Crippen LogP contribution in [0.25, 0.3) is 5.52 Å². The summed E-state index contributed by atoms with van der Waals surface area (Å²) in [6.45, 7) is 2.42. The van der Waals surface area contributed by atoms with E-state index in [1.54, 1.807) is 38.4 Å². The molecule has 2 aromatic rings. The van der Waals surface area contributed by atoms with Crippen LogP contribution < -0.4 is 0 Å². The SMILES string of the molecule is CCOC(=O)c1nc(S(=O)(=O)N2CC(OC)C2)c2ccccn12. The molecule has 0 aliphatic carbocycles. The standard InChI is InChI=1S/C14H17N3O5S/c1-3-22-14(18)12-15-13(11-6-4-5-7-17(11)12)23(19,20)16-8-10(9-16)21-2/h4-7,10H,3,8-9H2,1-2H3. The third-order valence-electron chi connectivity index (χ3n) is 3.70. The zero-order chi connectivity index (χ0) is 16.6. The highest BCUT2D eigenvalue weighted by Crippen LogP contribution is 2.26. The van der Waals surface area contributed by atoms with Crippen molar-refractivity contribution in [3.8, 4) is 0 Å². The largest absolute Gasteiger partial charge is 0.460 e. The maximum absolute atomic E-state index is 12.7. The molecule has 1 saturated heterocycles. The second kappa shape index (κ2) is 5.91. The third kappa shape index (κ3) is 2.60. The van der Waals surface area contributed by atoms with Gasteiger partial charge in [-0.1, -0.05) is 6.07 Å². The van der Waals surface area contributed by atoms with E-state index in [4.69, 9.17) is 9.47 Å². The molecule has 0 amide bonds. The summed E-state index contributed by atoms with van der Waals surface area (Å²) >= 11 is 0. The molecule has 2 aromatic heterocycles. The molecule has 1 fully saturated rings. The lowest BCUT2D eigenvalue weighted by atomic mass is 10.2. The molecule has 0 atom stereocenters. The predicted octanol–water partition coefficient (Wildman–Crippen LogP) is 0.530. The van der Waals surface area contributed by atoms with Crippen LogP contribution in [0.2, 0.25) is 0 Å². The second-order valence-electron chi connectivity index (χ2n) is 5.10. The number of carbonyl (C=O) groups excluding carboxylic acids is 1. The average Bonchev–Trinajstić information content (AvgIpc) is 2.86. The Bertz CT molecular complexity index is 839. The number of sulfonamides is 1. The van der Waals surface area contributed by atoms with Gasteiger partial charge in [0.15, 0.2) is 5.03 Å². The van der Waals surface area contributed by atoms with Crippen molar-refractivity contribution < 1.29 is 22.7 Å². The van der Waals surface area contributed by atoms with Gasteiger partial charge in [-0.15, -0.1) is 0 Å². The topological polar surface area (TPSA) is 90.2 Å². The summed E-state index contributed by atoms with van der Waals surface area (Å²) in [5, 5.41) is -0.143. The van der Waals surface area contributed by atoms with Crippen molar-refractivity contribution in [1.29, 1.82) is 0 Å². The highest BCUT2D eigenvalue weighted by Gasteiger charge is 2.39. The van der Waals surface area contributed by atoms with Gasteiger partial charge in [-0.05, 0) is 19.1 Å². The number of aromatic nitrogens is 2.